The van der Waals surface area contributed by atoms with Gasteiger partial charge in [0.05, 0.1) is 11.1 Å². The van der Waals surface area contributed by atoms with Gasteiger partial charge in [0.2, 0.25) is 22.9 Å². The van der Waals surface area contributed by atoms with Crippen molar-refractivity contribution in [2.24, 2.45) is 0 Å². The molecule has 0 saturated heterocycles. The second-order valence-electron chi connectivity index (χ2n) is 15.4. The van der Waals surface area contributed by atoms with Crippen LogP contribution in [0.1, 0.15) is 32.6 Å². The van der Waals surface area contributed by atoms with E-state index >= 15 is 0 Å². The maximum Gasteiger partial charge on any atom is 0.338 e. The van der Waals surface area contributed by atoms with E-state index in [-0.39, 0.29) is 56.4 Å². The number of thiophene rings is 1. The molecular formula is C53H41N2O11S2+. The van der Waals surface area contributed by atoms with Crippen LogP contribution in [0.3, 0.4) is 0 Å². The number of rotatable bonds is 14. The molecule has 340 valence electrons. The van der Waals surface area contributed by atoms with Crippen molar-refractivity contribution in [3.63, 3.8) is 0 Å². The van der Waals surface area contributed by atoms with Crippen molar-refractivity contribution >= 4 is 96.9 Å². The lowest BCUT2D eigenvalue weighted by Gasteiger charge is -2.24. The highest BCUT2D eigenvalue weighted by Gasteiger charge is 2.41. The van der Waals surface area contributed by atoms with E-state index in [9.17, 15) is 33.9 Å². The number of hydrogen-bond donors (Lipinski definition) is 1. The number of aliphatic hydroxyl groups excluding tert-OH is 1. The van der Waals surface area contributed by atoms with Crippen LogP contribution in [-0.4, -0.2) is 45.6 Å². The molecule has 15 heteroatoms. The Kier molecular flexibility index (Phi) is 14.0. The standard InChI is InChI=1S/C53H40N2O11S2/c1-29(2)50(59)63-37-17-9-33(10-18-37)54(34-11-19-38(20-12-34)64-51(60)30(3)4)43-27-25-41(67-43)45-47(56)46(49(58)48(45)57)42-26-28-44(68-42)55(35-13-21-39(22-14-35)65-52(61)31(5)6)36-15-23-40(24-16-36)66-53(62)32(7)8/h9-28H,1,3,5,7H2,2,4,6,8H3/p+1. The topological polar surface area (TPSA) is 166 Å². The third-order valence-corrected chi connectivity index (χ3v) is 12.0. The zero-order chi connectivity index (χ0) is 49.0. The van der Waals surface area contributed by atoms with Gasteiger partial charge in [-0.15, -0.1) is 15.9 Å². The number of ketones is 2. The molecule has 0 saturated carbocycles. The predicted molar refractivity (Wildman–Crippen MR) is 263 cm³/mol. The minimum absolute atomic E-state index is 0.170. The molecule has 0 fully saturated rings. The van der Waals surface area contributed by atoms with Crippen LogP contribution in [-0.2, 0) is 28.8 Å². The SMILES string of the molecule is C=C(C)C(=O)Oc1ccc(N(c2ccc(OC(=O)C(=C)C)cc2)c2ccc(C3=C(O)/C(=C4\C=CC(=[N+](c5ccc(OC(=O)C(=C)C)cc5)c5ccc(OC(=O)C(=C)C)cc5)S4)C(=O)C3=O)s2)cc1. The summed E-state index contributed by atoms with van der Waals surface area (Å²) in [5, 5.41) is 13.0. The quantitative estimate of drug-likeness (QED) is 0.0368. The van der Waals surface area contributed by atoms with E-state index in [2.05, 4.69) is 26.3 Å². The van der Waals surface area contributed by atoms with Crippen LogP contribution >= 0.6 is 23.1 Å². The lowest BCUT2D eigenvalue weighted by Crippen LogP contribution is -2.13. The van der Waals surface area contributed by atoms with Gasteiger partial charge in [-0.2, -0.15) is 0 Å². The summed E-state index contributed by atoms with van der Waals surface area (Å²) < 4.78 is 23.4. The number of allylic oxidation sites excluding steroid dienone is 3. The van der Waals surface area contributed by atoms with E-state index < -0.39 is 41.2 Å². The van der Waals surface area contributed by atoms with Crippen molar-refractivity contribution in [3.8, 4) is 23.0 Å². The molecule has 0 atom stereocenters. The molecule has 1 N–H and O–H groups in total. The van der Waals surface area contributed by atoms with E-state index in [1.807, 2.05) is 9.48 Å². The fraction of sp³-hybridized carbons (Fsp3) is 0.0755. The first-order valence-corrected chi connectivity index (χ1v) is 22.1. The molecule has 4 aromatic carbocycles. The number of anilines is 3. The van der Waals surface area contributed by atoms with Gasteiger partial charge in [-0.1, -0.05) is 26.3 Å². The summed E-state index contributed by atoms with van der Waals surface area (Å²) in [6, 6.07) is 30.0. The van der Waals surface area contributed by atoms with Gasteiger partial charge in [0.1, 0.15) is 33.8 Å². The molecule has 0 spiro atoms. The van der Waals surface area contributed by atoms with Crippen molar-refractivity contribution in [1.29, 1.82) is 0 Å². The molecule has 0 radical (unpaired) electrons. The Labute approximate surface area is 399 Å². The van der Waals surface area contributed by atoms with Gasteiger partial charge in [0, 0.05) is 73.8 Å². The van der Waals surface area contributed by atoms with Gasteiger partial charge in [0.15, 0.2) is 0 Å². The van der Waals surface area contributed by atoms with Crippen LogP contribution in [0.25, 0.3) is 5.57 Å². The zero-order valence-corrected chi connectivity index (χ0v) is 38.7. The number of thioether (sulfide) groups is 1. The van der Waals surface area contributed by atoms with E-state index in [4.69, 9.17) is 18.9 Å². The minimum atomic E-state index is -0.892. The molecule has 2 heterocycles. The third kappa shape index (κ3) is 10.3. The Hall–Kier alpha value is -8.40. The van der Waals surface area contributed by atoms with Crippen LogP contribution in [0.4, 0.5) is 27.8 Å². The lowest BCUT2D eigenvalue weighted by atomic mass is 10.1. The smallest absolute Gasteiger partial charge is 0.338 e. The number of carbonyl (C=O) groups is 6. The number of Topliss-reactive ketones (excluding diaryl/α,β-unsaturated/α-hetero) is 2. The van der Waals surface area contributed by atoms with Crippen LogP contribution in [0.5, 0.6) is 23.0 Å². The second kappa shape index (κ2) is 20.0. The highest BCUT2D eigenvalue weighted by atomic mass is 32.2. The lowest BCUT2D eigenvalue weighted by molar-refractivity contribution is -0.130. The Morgan fingerprint density at radius 2 is 0.882 bits per heavy atom. The molecule has 0 unspecified atom stereocenters. The predicted octanol–water partition coefficient (Wildman–Crippen LogP) is 11.1. The summed E-state index contributed by atoms with van der Waals surface area (Å²) in [7, 11) is 0. The third-order valence-electron chi connectivity index (χ3n) is 9.87. The monoisotopic (exact) mass is 945 g/mol. The van der Waals surface area contributed by atoms with Gasteiger partial charge in [-0.25, -0.2) is 19.2 Å². The Morgan fingerprint density at radius 3 is 1.26 bits per heavy atom. The van der Waals surface area contributed by atoms with E-state index in [1.54, 1.807) is 121 Å². The van der Waals surface area contributed by atoms with Crippen molar-refractivity contribution in [2.75, 3.05) is 4.90 Å². The number of aliphatic hydroxyl groups is 1. The van der Waals surface area contributed by atoms with Crippen molar-refractivity contribution in [1.82, 2.24) is 4.58 Å². The molecule has 68 heavy (non-hydrogen) atoms. The van der Waals surface area contributed by atoms with Crippen LogP contribution in [0.2, 0.25) is 0 Å². The van der Waals surface area contributed by atoms with Gasteiger partial charge < -0.3 is 29.0 Å². The van der Waals surface area contributed by atoms with Crippen molar-refractivity contribution in [3.05, 3.63) is 191 Å². The molecular weight excluding hydrogens is 905 g/mol. The summed E-state index contributed by atoms with van der Waals surface area (Å²) in [6.45, 7) is 20.7. The Balaban J connectivity index is 1.25. The Bertz CT molecular complexity index is 2990. The molecule has 2 aliphatic rings. The number of esters is 4. The highest BCUT2D eigenvalue weighted by molar-refractivity contribution is 8.18. The molecule has 13 nitrogen and oxygen atoms in total. The Morgan fingerprint density at radius 1 is 0.515 bits per heavy atom. The summed E-state index contributed by atoms with van der Waals surface area (Å²) >= 11 is 2.28. The average Bonchev–Trinajstić information content (AvgIpc) is 4.04. The fourth-order valence-electron chi connectivity index (χ4n) is 6.43. The first-order chi connectivity index (χ1) is 32.4. The number of ether oxygens (including phenoxy) is 4. The summed E-state index contributed by atoms with van der Waals surface area (Å²) in [4.78, 5) is 79.1. The molecule has 1 aliphatic heterocycles. The fourth-order valence-corrected chi connectivity index (χ4v) is 8.61. The first kappa shape index (κ1) is 47.6. The van der Waals surface area contributed by atoms with Crippen LogP contribution in [0.15, 0.2) is 186 Å². The first-order valence-electron chi connectivity index (χ1n) is 20.5. The van der Waals surface area contributed by atoms with Crippen LogP contribution in [0, 0.1) is 0 Å². The highest BCUT2D eigenvalue weighted by Crippen LogP contribution is 2.46. The summed E-state index contributed by atoms with van der Waals surface area (Å²) in [5.74, 6) is -3.49. The van der Waals surface area contributed by atoms with E-state index in [1.165, 1.54) is 27.7 Å². The molecule has 1 aliphatic carbocycles. The molecule has 1 aromatic heterocycles. The van der Waals surface area contributed by atoms with E-state index in [0.29, 0.717) is 42.6 Å². The van der Waals surface area contributed by atoms with Gasteiger partial charge in [-0.05, 0) is 130 Å². The number of carbonyl (C=O) groups excluding carboxylic acids is 6. The number of hydrogen-bond acceptors (Lipinski definition) is 14. The van der Waals surface area contributed by atoms with Gasteiger partial charge in [-0.3, -0.25) is 9.59 Å². The summed E-state index contributed by atoms with van der Waals surface area (Å²) in [6.07, 6.45) is 3.37. The normalized spacial score (nSPS) is 14.1. The maximum absolute atomic E-state index is 13.9. The van der Waals surface area contributed by atoms with Gasteiger partial charge in [0.25, 0.3) is 5.04 Å². The van der Waals surface area contributed by atoms with E-state index in [0.717, 1.165) is 23.1 Å². The van der Waals surface area contributed by atoms with Gasteiger partial charge >= 0.3 is 23.9 Å². The molecule has 5 aromatic rings. The maximum atomic E-state index is 13.9. The largest absolute Gasteiger partial charge is 0.506 e. The second-order valence-corrected chi connectivity index (χ2v) is 17.5. The van der Waals surface area contributed by atoms with Crippen molar-refractivity contribution in [2.45, 2.75) is 27.7 Å². The molecule has 0 bridgehead atoms. The molecule has 0 amide bonds. The average molecular weight is 946 g/mol. The van der Waals surface area contributed by atoms with Crippen molar-refractivity contribution < 1.29 is 52.8 Å². The molecule has 7 rings (SSSR count). The number of benzene rings is 4. The minimum Gasteiger partial charge on any atom is -0.506 e. The zero-order valence-electron chi connectivity index (χ0n) is 37.1. The summed E-state index contributed by atoms with van der Waals surface area (Å²) in [5.41, 5.74) is 3.03. The van der Waals surface area contributed by atoms with Crippen LogP contribution < -0.4 is 28.4 Å². The number of nitrogens with zero attached hydrogens (tertiary/aromatic N) is 2.